The number of carbonyl (C=O) groups is 3. The molecular weight excluding hydrogens is 532 g/mol. The first-order valence-electron chi connectivity index (χ1n) is 13.7. The van der Waals surface area contributed by atoms with Crippen molar-refractivity contribution >= 4 is 17.9 Å². The number of rotatable bonds is 5. The van der Waals surface area contributed by atoms with Crippen LogP contribution in [-0.4, -0.2) is 80.6 Å². The Hall–Kier alpha value is -3.05. The van der Waals surface area contributed by atoms with Gasteiger partial charge in [0.2, 0.25) is 0 Å². The molecule has 4 N–H and O–H groups in total. The third-order valence-corrected chi connectivity index (χ3v) is 9.47. The molecule has 0 heterocycles. The molecule has 1 aromatic carbocycles. The molecular formula is C31H40O10. The van der Waals surface area contributed by atoms with Crippen molar-refractivity contribution in [3.05, 3.63) is 59.2 Å². The molecule has 2 fully saturated rings. The summed E-state index contributed by atoms with van der Waals surface area (Å²) in [5.41, 5.74) is -3.97. The van der Waals surface area contributed by atoms with Crippen molar-refractivity contribution in [2.45, 2.75) is 96.6 Å². The Morgan fingerprint density at radius 1 is 0.951 bits per heavy atom. The first kappa shape index (κ1) is 30.9. The molecule has 0 aliphatic heterocycles. The van der Waals surface area contributed by atoms with Gasteiger partial charge in [0, 0.05) is 26.2 Å². The zero-order chi connectivity index (χ0) is 30.7. The fourth-order valence-electron chi connectivity index (χ4n) is 7.54. The van der Waals surface area contributed by atoms with Crippen LogP contribution in [0.5, 0.6) is 0 Å². The topological polar surface area (TPSA) is 160 Å². The van der Waals surface area contributed by atoms with E-state index in [1.54, 1.807) is 44.2 Å². The number of esters is 3. The van der Waals surface area contributed by atoms with Crippen LogP contribution in [0.1, 0.15) is 64.7 Å². The predicted molar refractivity (Wildman–Crippen MR) is 146 cm³/mol. The van der Waals surface area contributed by atoms with Gasteiger partial charge in [-0.1, -0.05) is 31.7 Å². The number of aliphatic hydroxyl groups excluding tert-OH is 3. The first-order chi connectivity index (χ1) is 19.0. The zero-order valence-electron chi connectivity index (χ0n) is 24.3. The van der Waals surface area contributed by atoms with E-state index >= 15 is 0 Å². The Morgan fingerprint density at radius 2 is 1.54 bits per heavy atom. The van der Waals surface area contributed by atoms with Crippen molar-refractivity contribution in [1.29, 1.82) is 0 Å². The minimum atomic E-state index is -1.72. The summed E-state index contributed by atoms with van der Waals surface area (Å²) in [6, 6.07) is 8.13. The molecule has 0 bridgehead atoms. The SMILES string of the molecule is C=C1[C@@H](O)C[C@H](OC(C)=O)[C@@]2(C)[C@@H](OC(=O)c3ccccc3)[C@H](O)C3=C(C)[C@@H](O)C[C@@]3(C(C)(C)O)[C@@H](OC(C)=O)[C@H]12. The van der Waals surface area contributed by atoms with E-state index in [2.05, 4.69) is 6.58 Å². The Balaban J connectivity index is 2.08. The second kappa shape index (κ2) is 10.7. The van der Waals surface area contributed by atoms with Crippen molar-refractivity contribution < 1.29 is 49.0 Å². The van der Waals surface area contributed by atoms with Gasteiger partial charge < -0.3 is 34.6 Å². The number of fused-ring (bicyclic) bond motifs is 2. The summed E-state index contributed by atoms with van der Waals surface area (Å²) in [5, 5.41) is 46.4. The number of carbonyl (C=O) groups excluding carboxylic acids is 3. The van der Waals surface area contributed by atoms with Crippen LogP contribution in [0.4, 0.5) is 0 Å². The van der Waals surface area contributed by atoms with E-state index < -0.39 is 76.9 Å². The van der Waals surface area contributed by atoms with Crippen LogP contribution in [0.3, 0.4) is 0 Å². The quantitative estimate of drug-likeness (QED) is 0.234. The molecule has 0 aromatic heterocycles. The Bertz CT molecular complexity index is 1260. The molecule has 0 spiro atoms. The summed E-state index contributed by atoms with van der Waals surface area (Å²) < 4.78 is 17.8. The van der Waals surface area contributed by atoms with Gasteiger partial charge in [-0.3, -0.25) is 9.59 Å². The third-order valence-electron chi connectivity index (χ3n) is 9.47. The molecule has 0 amide bonds. The fraction of sp³-hybridized carbons (Fsp3) is 0.581. The van der Waals surface area contributed by atoms with Crippen molar-refractivity contribution in [3.8, 4) is 0 Å². The molecule has 0 unspecified atom stereocenters. The third kappa shape index (κ3) is 4.80. The average Bonchev–Trinajstić information content (AvgIpc) is 3.12. The molecule has 1 aromatic rings. The molecule has 224 valence electrons. The van der Waals surface area contributed by atoms with Crippen LogP contribution in [0.2, 0.25) is 0 Å². The summed E-state index contributed by atoms with van der Waals surface area (Å²) in [6.07, 6.45) is -8.16. The van der Waals surface area contributed by atoms with Gasteiger partial charge >= 0.3 is 17.9 Å². The second-order valence-corrected chi connectivity index (χ2v) is 12.3. The zero-order valence-corrected chi connectivity index (χ0v) is 24.3. The molecule has 10 nitrogen and oxygen atoms in total. The number of benzene rings is 1. The highest BCUT2D eigenvalue weighted by molar-refractivity contribution is 5.89. The first-order valence-corrected chi connectivity index (χ1v) is 13.7. The largest absolute Gasteiger partial charge is 0.462 e. The summed E-state index contributed by atoms with van der Waals surface area (Å²) >= 11 is 0. The van der Waals surface area contributed by atoms with Crippen LogP contribution < -0.4 is 0 Å². The highest BCUT2D eigenvalue weighted by atomic mass is 16.6. The molecule has 0 radical (unpaired) electrons. The van der Waals surface area contributed by atoms with Crippen molar-refractivity contribution in [2.75, 3.05) is 0 Å². The molecule has 9 atom stereocenters. The Kier molecular flexibility index (Phi) is 8.03. The van der Waals surface area contributed by atoms with Crippen LogP contribution in [-0.2, 0) is 23.8 Å². The number of hydrogen-bond donors (Lipinski definition) is 4. The standard InChI is InChI=1S/C31H40O10/c1-15-20(34)13-22(39-17(3)32)30(7)24(15)26(40-18(4)33)31(29(5,6)38)14-21(35)16(2)23(31)25(36)27(30)41-28(37)19-11-9-8-10-12-19/h8-12,20-22,24-27,34-36,38H,1,13-14H2,2-7H3/t20-,21-,22-,24-,25+,26-,27-,30+,31-/m0/s1. The van der Waals surface area contributed by atoms with Gasteiger partial charge in [0.15, 0.2) is 0 Å². The van der Waals surface area contributed by atoms with Crippen molar-refractivity contribution in [2.24, 2.45) is 16.7 Å². The summed E-state index contributed by atoms with van der Waals surface area (Å²) in [7, 11) is 0. The molecule has 10 heteroatoms. The van der Waals surface area contributed by atoms with E-state index in [0.29, 0.717) is 5.57 Å². The lowest BCUT2D eigenvalue weighted by molar-refractivity contribution is -0.207. The lowest BCUT2D eigenvalue weighted by Gasteiger charge is -2.55. The molecule has 2 saturated carbocycles. The van der Waals surface area contributed by atoms with Gasteiger partial charge in [-0.05, 0) is 56.0 Å². The normalized spacial score (nSPS) is 37.0. The van der Waals surface area contributed by atoms with E-state index in [0.717, 1.165) is 0 Å². The molecule has 3 aliphatic carbocycles. The van der Waals surface area contributed by atoms with E-state index in [-0.39, 0.29) is 29.6 Å². The monoisotopic (exact) mass is 572 g/mol. The number of hydrogen-bond acceptors (Lipinski definition) is 10. The summed E-state index contributed by atoms with van der Waals surface area (Å²) in [6.45, 7) is 12.7. The van der Waals surface area contributed by atoms with Crippen LogP contribution in [0.25, 0.3) is 0 Å². The highest BCUT2D eigenvalue weighted by Crippen LogP contribution is 2.65. The molecule has 4 rings (SSSR count). The molecule has 0 saturated heterocycles. The minimum absolute atomic E-state index is 0.125. The lowest BCUT2D eigenvalue weighted by atomic mass is 9.54. The maximum Gasteiger partial charge on any atom is 0.338 e. The number of aliphatic hydroxyl groups is 4. The van der Waals surface area contributed by atoms with Gasteiger partial charge in [0.05, 0.1) is 34.2 Å². The molecule has 41 heavy (non-hydrogen) atoms. The van der Waals surface area contributed by atoms with Crippen LogP contribution >= 0.6 is 0 Å². The van der Waals surface area contributed by atoms with Gasteiger partial charge in [-0.2, -0.15) is 0 Å². The van der Waals surface area contributed by atoms with Gasteiger partial charge in [-0.15, -0.1) is 0 Å². The molecule has 3 aliphatic rings. The van der Waals surface area contributed by atoms with Crippen molar-refractivity contribution in [1.82, 2.24) is 0 Å². The lowest BCUT2D eigenvalue weighted by Crippen LogP contribution is -2.63. The minimum Gasteiger partial charge on any atom is -0.462 e. The average molecular weight is 573 g/mol. The van der Waals surface area contributed by atoms with E-state index in [9.17, 15) is 34.8 Å². The fourth-order valence-corrected chi connectivity index (χ4v) is 7.54. The van der Waals surface area contributed by atoms with Crippen molar-refractivity contribution in [3.63, 3.8) is 0 Å². The van der Waals surface area contributed by atoms with E-state index in [1.165, 1.54) is 27.7 Å². The van der Waals surface area contributed by atoms with Crippen LogP contribution in [0, 0.1) is 16.7 Å². The number of ether oxygens (including phenoxy) is 3. The second-order valence-electron chi connectivity index (χ2n) is 12.3. The Morgan fingerprint density at radius 3 is 2.07 bits per heavy atom. The van der Waals surface area contributed by atoms with E-state index in [4.69, 9.17) is 14.2 Å². The summed E-state index contributed by atoms with van der Waals surface area (Å²) in [4.78, 5) is 38.6. The van der Waals surface area contributed by atoms with E-state index in [1.807, 2.05) is 0 Å². The maximum atomic E-state index is 13.5. The summed E-state index contributed by atoms with van der Waals surface area (Å²) in [5.74, 6) is -3.27. The van der Waals surface area contributed by atoms with Crippen LogP contribution in [0.15, 0.2) is 53.6 Å². The maximum absolute atomic E-state index is 13.5. The van der Waals surface area contributed by atoms with Gasteiger partial charge in [0.1, 0.15) is 24.4 Å². The highest BCUT2D eigenvalue weighted by Gasteiger charge is 2.73. The smallest absolute Gasteiger partial charge is 0.338 e. The van der Waals surface area contributed by atoms with Gasteiger partial charge in [0.25, 0.3) is 0 Å². The Labute approximate surface area is 239 Å². The van der Waals surface area contributed by atoms with Gasteiger partial charge in [-0.25, -0.2) is 4.79 Å². The predicted octanol–water partition coefficient (Wildman–Crippen LogP) is 2.23.